The maximum Gasteiger partial charge on any atom is 0.281 e. The van der Waals surface area contributed by atoms with Crippen LogP contribution in [0.3, 0.4) is 0 Å². The fourth-order valence-corrected chi connectivity index (χ4v) is 5.57. The molecular formula is C30H27Cl2N3OS. The van der Waals surface area contributed by atoms with E-state index in [1.54, 1.807) is 15.9 Å². The first-order valence-corrected chi connectivity index (χ1v) is 13.3. The van der Waals surface area contributed by atoms with E-state index in [0.29, 0.717) is 27.4 Å². The number of nitrogens with zero attached hydrogens (tertiary/aromatic N) is 3. The van der Waals surface area contributed by atoms with Crippen molar-refractivity contribution in [2.75, 3.05) is 11.9 Å². The molecule has 1 aliphatic rings. The Balaban J connectivity index is 1.61. The molecule has 0 atom stereocenters. The minimum Gasteiger partial charge on any atom is -0.342 e. The average Bonchev–Trinajstić information content (AvgIpc) is 3.32. The van der Waals surface area contributed by atoms with Crippen LogP contribution in [0.15, 0.2) is 66.5 Å². The number of rotatable bonds is 5. The largest absolute Gasteiger partial charge is 0.342 e. The first-order valence-electron chi connectivity index (χ1n) is 12.1. The number of aromatic nitrogens is 1. The van der Waals surface area contributed by atoms with Gasteiger partial charge in [-0.15, -0.1) is 0 Å². The highest BCUT2D eigenvalue weighted by Crippen LogP contribution is 2.33. The summed E-state index contributed by atoms with van der Waals surface area (Å²) in [6.07, 6.45) is 4.91. The van der Waals surface area contributed by atoms with Crippen LogP contribution < -0.4 is 4.90 Å². The molecule has 5 rings (SSSR count). The van der Waals surface area contributed by atoms with Gasteiger partial charge in [0.15, 0.2) is 5.11 Å². The van der Waals surface area contributed by atoms with Crippen molar-refractivity contribution >= 4 is 69.1 Å². The number of hydrogen-bond acceptors (Lipinski definition) is 2. The maximum atomic E-state index is 13.7. The Morgan fingerprint density at radius 1 is 0.973 bits per heavy atom. The molecule has 2 heterocycles. The highest BCUT2D eigenvalue weighted by Gasteiger charge is 2.37. The van der Waals surface area contributed by atoms with E-state index >= 15 is 0 Å². The van der Waals surface area contributed by atoms with Crippen LogP contribution in [0.2, 0.25) is 10.0 Å². The van der Waals surface area contributed by atoms with E-state index in [2.05, 4.69) is 42.8 Å². The molecule has 3 aromatic carbocycles. The summed E-state index contributed by atoms with van der Waals surface area (Å²) >= 11 is 18.3. The summed E-state index contributed by atoms with van der Waals surface area (Å²) in [5.74, 6) is -0.135. The molecule has 4 aromatic rings. The van der Waals surface area contributed by atoms with E-state index in [0.717, 1.165) is 39.7 Å². The average molecular weight is 549 g/mol. The molecule has 0 spiro atoms. The van der Waals surface area contributed by atoms with Gasteiger partial charge in [-0.3, -0.25) is 9.69 Å². The van der Waals surface area contributed by atoms with E-state index in [-0.39, 0.29) is 5.91 Å². The predicted octanol–water partition coefficient (Wildman–Crippen LogP) is 7.78. The van der Waals surface area contributed by atoms with Crippen LogP contribution in [0.5, 0.6) is 0 Å². The molecule has 37 heavy (non-hydrogen) atoms. The van der Waals surface area contributed by atoms with Gasteiger partial charge in [0.2, 0.25) is 0 Å². The number of fused-ring (bicyclic) bond motifs is 1. The zero-order chi connectivity index (χ0) is 26.4. The highest BCUT2D eigenvalue weighted by molar-refractivity contribution is 7.80. The zero-order valence-corrected chi connectivity index (χ0v) is 23.5. The molecule has 0 aliphatic carbocycles. The van der Waals surface area contributed by atoms with Gasteiger partial charge < -0.3 is 9.47 Å². The van der Waals surface area contributed by atoms with Gasteiger partial charge in [0.05, 0.1) is 11.2 Å². The smallest absolute Gasteiger partial charge is 0.281 e. The van der Waals surface area contributed by atoms with E-state index in [4.69, 9.17) is 35.4 Å². The fraction of sp³-hybridized carbons (Fsp3) is 0.200. The minimum absolute atomic E-state index is 0.135. The maximum absolute atomic E-state index is 13.7. The van der Waals surface area contributed by atoms with Gasteiger partial charge in [-0.1, -0.05) is 60.5 Å². The molecular weight excluding hydrogens is 521 g/mol. The predicted molar refractivity (Wildman–Crippen MR) is 159 cm³/mol. The van der Waals surface area contributed by atoms with Crippen molar-refractivity contribution in [1.29, 1.82) is 0 Å². The lowest BCUT2D eigenvalue weighted by atomic mass is 10.1. The fourth-order valence-electron chi connectivity index (χ4n) is 4.82. The van der Waals surface area contributed by atoms with Gasteiger partial charge in [-0.25, -0.2) is 0 Å². The molecule has 0 radical (unpaired) electrons. The Labute approximate surface area is 232 Å². The van der Waals surface area contributed by atoms with E-state index < -0.39 is 0 Å². The molecule has 1 amide bonds. The number of hydrogen-bond donors (Lipinski definition) is 0. The Morgan fingerprint density at radius 2 is 1.76 bits per heavy atom. The molecule has 4 nitrogen and oxygen atoms in total. The topological polar surface area (TPSA) is 28.5 Å². The van der Waals surface area contributed by atoms with Crippen LogP contribution >= 0.6 is 35.4 Å². The molecule has 0 saturated carbocycles. The van der Waals surface area contributed by atoms with Crippen molar-refractivity contribution in [3.63, 3.8) is 0 Å². The summed E-state index contributed by atoms with van der Waals surface area (Å²) in [5, 5.41) is 2.78. The molecule has 0 unspecified atom stereocenters. The van der Waals surface area contributed by atoms with Crippen LogP contribution in [0.4, 0.5) is 5.69 Å². The van der Waals surface area contributed by atoms with Gasteiger partial charge in [-0.2, -0.15) is 0 Å². The summed E-state index contributed by atoms with van der Waals surface area (Å²) in [5.41, 5.74) is 7.89. The normalized spacial score (nSPS) is 15.0. The van der Waals surface area contributed by atoms with Crippen molar-refractivity contribution in [3.8, 4) is 0 Å². The summed E-state index contributed by atoms with van der Waals surface area (Å²) < 4.78 is 2.20. The summed E-state index contributed by atoms with van der Waals surface area (Å²) in [7, 11) is 1.84. The Morgan fingerprint density at radius 3 is 2.46 bits per heavy atom. The minimum atomic E-state index is -0.135. The quantitative estimate of drug-likeness (QED) is 0.188. The van der Waals surface area contributed by atoms with Crippen molar-refractivity contribution < 1.29 is 4.79 Å². The van der Waals surface area contributed by atoms with Crippen molar-refractivity contribution in [3.05, 3.63) is 104 Å². The van der Waals surface area contributed by atoms with Crippen LogP contribution in [0.1, 0.15) is 34.7 Å². The third-order valence-electron chi connectivity index (χ3n) is 7.05. The molecule has 188 valence electrons. The molecule has 7 heteroatoms. The second-order valence-corrected chi connectivity index (χ2v) is 10.6. The number of benzene rings is 3. The van der Waals surface area contributed by atoms with Gasteiger partial charge in [0, 0.05) is 40.8 Å². The van der Waals surface area contributed by atoms with E-state index in [9.17, 15) is 4.79 Å². The third kappa shape index (κ3) is 4.56. The highest BCUT2D eigenvalue weighted by atomic mass is 35.5. The number of carbonyl (C=O) groups is 1. The second kappa shape index (κ2) is 9.97. The third-order valence-corrected chi connectivity index (χ3v) is 8.10. The first-order chi connectivity index (χ1) is 17.7. The second-order valence-electron chi connectivity index (χ2n) is 9.40. The summed E-state index contributed by atoms with van der Waals surface area (Å²) in [6.45, 7) is 6.82. The van der Waals surface area contributed by atoms with Crippen molar-refractivity contribution in [2.45, 2.75) is 33.7 Å². The van der Waals surface area contributed by atoms with Crippen LogP contribution in [0.25, 0.3) is 17.0 Å². The number of para-hydroxylation sites is 1. The Kier molecular flexibility index (Phi) is 6.88. The lowest BCUT2D eigenvalue weighted by molar-refractivity contribution is -0.114. The Bertz CT molecular complexity index is 1600. The summed E-state index contributed by atoms with van der Waals surface area (Å²) in [4.78, 5) is 17.0. The van der Waals surface area contributed by atoms with Gasteiger partial charge in [-0.05, 0) is 85.1 Å². The number of amides is 1. The van der Waals surface area contributed by atoms with Crippen molar-refractivity contribution in [2.24, 2.45) is 0 Å². The lowest BCUT2D eigenvalue weighted by Crippen LogP contribution is -2.31. The van der Waals surface area contributed by atoms with Crippen molar-refractivity contribution in [1.82, 2.24) is 9.47 Å². The molecule has 1 saturated heterocycles. The number of anilines is 1. The SMILES string of the molecule is CCc1cccc2c(/C=C3/C(=O)N(c4ccc(C)c(C)c4)C(=S)N3C)cn(Cc3ccc(Cl)cc3Cl)c12. The number of aryl methyl sites for hydroxylation is 3. The van der Waals surface area contributed by atoms with Gasteiger partial charge in [0.25, 0.3) is 5.91 Å². The molecule has 0 bridgehead atoms. The lowest BCUT2D eigenvalue weighted by Gasteiger charge is -2.17. The number of likely N-dealkylation sites (N-methyl/N-ethyl adjacent to an activating group) is 1. The molecule has 1 fully saturated rings. The van der Waals surface area contributed by atoms with E-state index in [1.165, 1.54) is 11.1 Å². The van der Waals surface area contributed by atoms with Crippen LogP contribution in [-0.4, -0.2) is 27.5 Å². The standard InChI is InChI=1S/C30H27Cl2N3OS/c1-5-20-7-6-8-25-22(17-34(28(20)25)16-21-10-11-23(31)15-26(21)32)14-27-29(36)35(30(37)33(27)4)24-12-9-18(2)19(3)13-24/h6-15,17H,5,16H2,1-4H3/b27-14-. The monoisotopic (exact) mass is 547 g/mol. The Hall–Kier alpha value is -3.12. The summed E-state index contributed by atoms with van der Waals surface area (Å²) in [6, 6.07) is 17.8. The molecule has 1 aliphatic heterocycles. The van der Waals surface area contributed by atoms with E-state index in [1.807, 2.05) is 50.4 Å². The van der Waals surface area contributed by atoms with Gasteiger partial charge in [0.1, 0.15) is 5.70 Å². The number of carbonyl (C=O) groups excluding carboxylic acids is 1. The number of thiocarbonyl (C=S) groups is 1. The molecule has 0 N–H and O–H groups in total. The zero-order valence-electron chi connectivity index (χ0n) is 21.2. The first kappa shape index (κ1) is 25.5. The van der Waals surface area contributed by atoms with Crippen LogP contribution in [-0.2, 0) is 17.8 Å². The molecule has 1 aromatic heterocycles. The number of halogens is 2. The van der Waals surface area contributed by atoms with Gasteiger partial charge >= 0.3 is 0 Å². The van der Waals surface area contributed by atoms with Crippen LogP contribution in [0, 0.1) is 13.8 Å².